The zero-order chi connectivity index (χ0) is 46.2. The number of amides is 2. The smallest absolute Gasteiger partial charge is 0.364 e. The first kappa shape index (κ1) is 53.1. The molecule has 23 heteroatoms. The fourth-order valence-corrected chi connectivity index (χ4v) is 6.39. The number of benzene rings is 1. The molecule has 0 bridgehead atoms. The molecule has 2 amide bonds. The predicted molar refractivity (Wildman–Crippen MR) is 220 cm³/mol. The SMILES string of the molecule is NCCOCCOCCOCCOCCNc1c(NCCCCCCO[C@]2(C(=O)O)C[C@H](O)[C@@H](NC(=O)CO)[C@H]([C@H](O)[C@H](O)CNC(=O)Cc3ccc(C(F)F)cc3)O2)c(=O)c1=O. The van der Waals surface area contributed by atoms with Gasteiger partial charge in [0.15, 0.2) is 0 Å². The summed E-state index contributed by atoms with van der Waals surface area (Å²) in [4.78, 5) is 61.4. The normalized spacial score (nSPS) is 19.8. The predicted octanol–water partition coefficient (Wildman–Crippen LogP) is -1.87. The first-order valence-corrected chi connectivity index (χ1v) is 20.7. The van der Waals surface area contributed by atoms with Gasteiger partial charge in [-0.15, -0.1) is 0 Å². The molecule has 63 heavy (non-hydrogen) atoms. The van der Waals surface area contributed by atoms with E-state index in [2.05, 4.69) is 21.3 Å². The van der Waals surface area contributed by atoms with E-state index >= 15 is 0 Å². The van der Waals surface area contributed by atoms with Crippen LogP contribution in [0.15, 0.2) is 33.9 Å². The van der Waals surface area contributed by atoms with Gasteiger partial charge in [0.25, 0.3) is 23.1 Å². The van der Waals surface area contributed by atoms with Crippen molar-refractivity contribution >= 4 is 29.2 Å². The Morgan fingerprint density at radius 1 is 0.810 bits per heavy atom. The molecule has 1 aliphatic rings. The number of nitrogens with two attached hydrogens (primary N) is 1. The van der Waals surface area contributed by atoms with Crippen molar-refractivity contribution in [3.05, 3.63) is 55.8 Å². The molecule has 0 spiro atoms. The molecule has 1 aliphatic heterocycles. The summed E-state index contributed by atoms with van der Waals surface area (Å²) < 4.78 is 58.5. The average molecular weight is 906 g/mol. The molecule has 1 fully saturated rings. The van der Waals surface area contributed by atoms with E-state index in [-0.39, 0.29) is 43.1 Å². The minimum absolute atomic E-state index is 0.172. The van der Waals surface area contributed by atoms with Crippen molar-refractivity contribution in [2.45, 2.75) is 81.2 Å². The molecule has 356 valence electrons. The van der Waals surface area contributed by atoms with E-state index in [4.69, 9.17) is 34.2 Å². The van der Waals surface area contributed by atoms with Gasteiger partial charge in [0.05, 0.1) is 84.1 Å². The Bertz CT molecular complexity index is 1740. The van der Waals surface area contributed by atoms with Crippen LogP contribution in [-0.4, -0.2) is 172 Å². The summed E-state index contributed by atoms with van der Waals surface area (Å²) in [5.74, 6) is -5.87. The lowest BCUT2D eigenvalue weighted by atomic mass is 9.88. The van der Waals surface area contributed by atoms with Gasteiger partial charge in [-0.2, -0.15) is 0 Å². The van der Waals surface area contributed by atoms with Gasteiger partial charge < -0.3 is 81.0 Å². The van der Waals surface area contributed by atoms with E-state index in [9.17, 15) is 58.3 Å². The molecule has 0 saturated carbocycles. The highest BCUT2D eigenvalue weighted by Crippen LogP contribution is 2.34. The molecule has 3 rings (SSSR count). The van der Waals surface area contributed by atoms with Crippen LogP contribution in [0, 0.1) is 0 Å². The van der Waals surface area contributed by atoms with Gasteiger partial charge in [-0.3, -0.25) is 19.2 Å². The summed E-state index contributed by atoms with van der Waals surface area (Å²) in [6.45, 7) is 2.43. The molecule has 0 unspecified atom stereocenters. The van der Waals surface area contributed by atoms with Crippen LogP contribution in [-0.2, 0) is 49.2 Å². The van der Waals surface area contributed by atoms with E-state index < -0.39 is 90.9 Å². The maximum Gasteiger partial charge on any atom is 0.364 e. The second-order valence-electron chi connectivity index (χ2n) is 14.5. The Morgan fingerprint density at radius 3 is 1.95 bits per heavy atom. The number of halogens is 2. The second kappa shape index (κ2) is 28.5. The number of unbranched alkanes of at least 4 members (excludes halogenated alkanes) is 3. The third-order valence-corrected chi connectivity index (χ3v) is 9.75. The first-order chi connectivity index (χ1) is 30.2. The molecule has 0 radical (unpaired) electrons. The van der Waals surface area contributed by atoms with Crippen molar-refractivity contribution in [2.24, 2.45) is 5.73 Å². The molecule has 0 aliphatic carbocycles. The number of carbonyl (C=O) groups is 3. The minimum atomic E-state index is -2.69. The fourth-order valence-electron chi connectivity index (χ4n) is 6.39. The van der Waals surface area contributed by atoms with Gasteiger partial charge in [0.1, 0.15) is 30.2 Å². The zero-order valence-corrected chi connectivity index (χ0v) is 35.0. The number of carbonyl (C=O) groups excluding carboxylic acids is 2. The maximum atomic E-state index is 12.9. The molecule has 1 heterocycles. The fraction of sp³-hybridized carbons (Fsp3) is 0.675. The van der Waals surface area contributed by atoms with Crippen LogP contribution in [0.4, 0.5) is 20.2 Å². The average Bonchev–Trinajstić information content (AvgIpc) is 3.27. The van der Waals surface area contributed by atoms with Crippen molar-refractivity contribution in [1.82, 2.24) is 10.6 Å². The molecule has 6 atom stereocenters. The van der Waals surface area contributed by atoms with Crippen LogP contribution in [0.5, 0.6) is 0 Å². The summed E-state index contributed by atoms with van der Waals surface area (Å²) in [6, 6.07) is 3.46. The molecule has 1 saturated heterocycles. The standard InChI is InChI=1S/C40H61F2N5O16/c41-38(42)26-7-5-25(6-8-26)21-29(51)46-23-28(50)34(53)37-31(47-30(52)24-48)27(49)22-40(63-37,39(56)57)62-12-4-2-1-3-10-44-32-33(36(55)35(32)54)45-11-14-59-16-18-61-20-19-60-17-15-58-13-9-43/h5-8,27-28,31,34,37-38,44-45,48-50,53H,1-4,9-24,43H2,(H,46,51)(H,47,52)(H,56,57)/t27-,28+,31+,34+,37+,40+/m0/s1. The molecule has 0 aromatic heterocycles. The summed E-state index contributed by atoms with van der Waals surface area (Å²) in [5.41, 5.74) is 4.56. The highest BCUT2D eigenvalue weighted by atomic mass is 19.3. The van der Waals surface area contributed by atoms with Crippen LogP contribution in [0.25, 0.3) is 0 Å². The summed E-state index contributed by atoms with van der Waals surface area (Å²) >= 11 is 0. The van der Waals surface area contributed by atoms with E-state index in [0.717, 1.165) is 12.1 Å². The molecular formula is C40H61F2N5O16. The lowest BCUT2D eigenvalue weighted by molar-refractivity contribution is -0.310. The topological polar surface area (TPSA) is 316 Å². The lowest BCUT2D eigenvalue weighted by Crippen LogP contribution is -2.68. The van der Waals surface area contributed by atoms with Gasteiger partial charge in [0, 0.05) is 38.2 Å². The summed E-state index contributed by atoms with van der Waals surface area (Å²) in [6.07, 6.45) is -9.08. The molecule has 11 N–H and O–H groups in total. The quantitative estimate of drug-likeness (QED) is 0.0272. The third-order valence-electron chi connectivity index (χ3n) is 9.75. The molecule has 2 aromatic carbocycles. The zero-order valence-electron chi connectivity index (χ0n) is 35.0. The van der Waals surface area contributed by atoms with Crippen molar-refractivity contribution in [2.75, 3.05) is 103 Å². The second-order valence-corrected chi connectivity index (χ2v) is 14.5. The Morgan fingerprint density at radius 2 is 1.38 bits per heavy atom. The Hall–Kier alpha value is -4.27. The number of aliphatic hydroxyl groups excluding tert-OH is 4. The van der Waals surface area contributed by atoms with Crippen molar-refractivity contribution in [3.63, 3.8) is 0 Å². The monoisotopic (exact) mass is 905 g/mol. The number of carboxylic acid groups (broad SMARTS) is 1. The number of hydrogen-bond donors (Lipinski definition) is 10. The van der Waals surface area contributed by atoms with Crippen LogP contribution in [0.2, 0.25) is 0 Å². The van der Waals surface area contributed by atoms with Crippen molar-refractivity contribution in [1.29, 1.82) is 0 Å². The van der Waals surface area contributed by atoms with Gasteiger partial charge >= 0.3 is 5.97 Å². The third kappa shape index (κ3) is 17.7. The van der Waals surface area contributed by atoms with Crippen LogP contribution < -0.4 is 37.9 Å². The molecule has 21 nitrogen and oxygen atoms in total. The summed E-state index contributed by atoms with van der Waals surface area (Å²) in [5, 5.41) is 62.8. The van der Waals surface area contributed by atoms with Crippen molar-refractivity contribution < 1.29 is 77.1 Å². The number of hydrogen-bond acceptors (Lipinski definition) is 18. The largest absolute Gasteiger partial charge is 0.477 e. The van der Waals surface area contributed by atoms with E-state index in [1.807, 2.05) is 0 Å². The number of aliphatic hydroxyl groups is 4. The lowest BCUT2D eigenvalue weighted by Gasteiger charge is -2.46. The van der Waals surface area contributed by atoms with E-state index in [0.29, 0.717) is 90.6 Å². The number of aliphatic carboxylic acids is 1. The highest BCUT2D eigenvalue weighted by molar-refractivity contribution is 5.79. The minimum Gasteiger partial charge on any atom is -0.477 e. The highest BCUT2D eigenvalue weighted by Gasteiger charge is 2.55. The number of rotatable bonds is 34. The Kier molecular flexibility index (Phi) is 24.0. The van der Waals surface area contributed by atoms with Crippen molar-refractivity contribution in [3.8, 4) is 0 Å². The van der Waals surface area contributed by atoms with Gasteiger partial charge in [-0.25, -0.2) is 13.6 Å². The maximum absolute atomic E-state index is 12.9. The van der Waals surface area contributed by atoms with Gasteiger partial charge in [-0.05, 0) is 18.4 Å². The number of anilines is 2. The summed E-state index contributed by atoms with van der Waals surface area (Å²) in [7, 11) is 0. The number of carboxylic acids is 1. The van der Waals surface area contributed by atoms with E-state index in [1.54, 1.807) is 0 Å². The van der Waals surface area contributed by atoms with Crippen LogP contribution in [0.1, 0.15) is 49.7 Å². The first-order valence-electron chi connectivity index (χ1n) is 20.7. The molecular weight excluding hydrogens is 844 g/mol. The molecule has 2 aromatic rings. The Labute approximate surface area is 362 Å². The number of ether oxygens (including phenoxy) is 6. The van der Waals surface area contributed by atoms with Crippen LogP contribution >= 0.6 is 0 Å². The number of nitrogens with one attached hydrogen (secondary N) is 4. The van der Waals surface area contributed by atoms with Crippen LogP contribution in [0.3, 0.4) is 0 Å². The van der Waals surface area contributed by atoms with E-state index in [1.165, 1.54) is 12.1 Å². The number of alkyl halides is 2. The van der Waals surface area contributed by atoms with Gasteiger partial charge in [-0.1, -0.05) is 37.1 Å². The Balaban J connectivity index is 1.40. The van der Waals surface area contributed by atoms with Gasteiger partial charge in [0.2, 0.25) is 11.8 Å².